The van der Waals surface area contributed by atoms with Gasteiger partial charge in [-0.15, -0.1) is 0 Å². The van der Waals surface area contributed by atoms with Gasteiger partial charge in [-0.2, -0.15) is 0 Å². The molecule has 1 heterocycles. The minimum atomic E-state index is -3.73. The van der Waals surface area contributed by atoms with Gasteiger partial charge in [0.25, 0.3) is 9.05 Å². The van der Waals surface area contributed by atoms with Crippen molar-refractivity contribution in [2.45, 2.75) is 11.8 Å². The third-order valence-electron chi connectivity index (χ3n) is 2.10. The predicted octanol–water partition coefficient (Wildman–Crippen LogP) is 1.69. The average Bonchev–Trinajstić information content (AvgIpc) is 2.15. The SMILES string of the molecule is Cc1cc2c(cc1S(=O)(=O)Cl)OCCO2. The predicted molar refractivity (Wildman–Crippen MR) is 55.2 cm³/mol. The summed E-state index contributed by atoms with van der Waals surface area (Å²) in [6.07, 6.45) is 0. The Kier molecular flexibility index (Phi) is 2.52. The molecule has 4 nitrogen and oxygen atoms in total. The molecular weight excluding hydrogens is 240 g/mol. The number of hydrogen-bond acceptors (Lipinski definition) is 4. The Balaban J connectivity index is 2.60. The van der Waals surface area contributed by atoms with Crippen LogP contribution in [0.5, 0.6) is 11.5 Å². The van der Waals surface area contributed by atoms with Crippen molar-refractivity contribution in [2.75, 3.05) is 13.2 Å². The van der Waals surface area contributed by atoms with E-state index in [1.165, 1.54) is 6.07 Å². The molecule has 1 aromatic rings. The Labute approximate surface area is 92.2 Å². The quantitative estimate of drug-likeness (QED) is 0.710. The molecule has 0 aliphatic carbocycles. The van der Waals surface area contributed by atoms with Gasteiger partial charge in [-0.25, -0.2) is 8.42 Å². The van der Waals surface area contributed by atoms with E-state index in [1.54, 1.807) is 13.0 Å². The minimum Gasteiger partial charge on any atom is -0.486 e. The molecule has 0 bridgehead atoms. The summed E-state index contributed by atoms with van der Waals surface area (Å²) in [6.45, 7) is 2.55. The molecule has 0 unspecified atom stereocenters. The first-order valence-corrected chi connectivity index (χ1v) is 6.64. The molecular formula is C9H9ClO4S. The van der Waals surface area contributed by atoms with E-state index in [0.29, 0.717) is 30.3 Å². The zero-order valence-electron chi connectivity index (χ0n) is 7.99. The number of rotatable bonds is 1. The Hall–Kier alpha value is -0.940. The van der Waals surface area contributed by atoms with E-state index in [1.807, 2.05) is 0 Å². The van der Waals surface area contributed by atoms with Gasteiger partial charge < -0.3 is 9.47 Å². The highest BCUT2D eigenvalue weighted by molar-refractivity contribution is 8.13. The van der Waals surface area contributed by atoms with E-state index < -0.39 is 9.05 Å². The zero-order chi connectivity index (χ0) is 11.1. The third kappa shape index (κ3) is 2.03. The van der Waals surface area contributed by atoms with Crippen molar-refractivity contribution < 1.29 is 17.9 Å². The van der Waals surface area contributed by atoms with E-state index in [9.17, 15) is 8.42 Å². The van der Waals surface area contributed by atoms with Crippen molar-refractivity contribution >= 4 is 19.7 Å². The number of ether oxygens (including phenoxy) is 2. The van der Waals surface area contributed by atoms with Crippen molar-refractivity contribution in [3.05, 3.63) is 17.7 Å². The molecule has 1 aliphatic heterocycles. The largest absolute Gasteiger partial charge is 0.486 e. The lowest BCUT2D eigenvalue weighted by Crippen LogP contribution is -2.16. The molecule has 6 heteroatoms. The fourth-order valence-electron chi connectivity index (χ4n) is 1.43. The van der Waals surface area contributed by atoms with Crippen LogP contribution in [0.2, 0.25) is 0 Å². The lowest BCUT2D eigenvalue weighted by Gasteiger charge is -2.19. The van der Waals surface area contributed by atoms with Gasteiger partial charge in [0.05, 0.1) is 4.90 Å². The molecule has 1 aliphatic rings. The van der Waals surface area contributed by atoms with E-state index in [4.69, 9.17) is 20.2 Å². The molecule has 0 fully saturated rings. The molecule has 0 radical (unpaired) electrons. The van der Waals surface area contributed by atoms with Crippen molar-refractivity contribution in [3.63, 3.8) is 0 Å². The average molecular weight is 249 g/mol. The fourth-order valence-corrected chi connectivity index (χ4v) is 2.62. The molecule has 2 rings (SSSR count). The van der Waals surface area contributed by atoms with Crippen LogP contribution in [0, 0.1) is 6.92 Å². The van der Waals surface area contributed by atoms with Crippen LogP contribution >= 0.6 is 10.7 Å². The highest BCUT2D eigenvalue weighted by Crippen LogP contribution is 2.35. The Morgan fingerprint density at radius 3 is 2.27 bits per heavy atom. The van der Waals surface area contributed by atoms with E-state index in [2.05, 4.69) is 0 Å². The third-order valence-corrected chi connectivity index (χ3v) is 3.57. The molecule has 1 aromatic carbocycles. The topological polar surface area (TPSA) is 52.6 Å². The zero-order valence-corrected chi connectivity index (χ0v) is 9.56. The molecule has 0 spiro atoms. The highest BCUT2D eigenvalue weighted by atomic mass is 35.7. The van der Waals surface area contributed by atoms with Gasteiger partial charge in [-0.1, -0.05) is 0 Å². The second-order valence-corrected chi connectivity index (χ2v) is 5.73. The number of benzene rings is 1. The summed E-state index contributed by atoms with van der Waals surface area (Å²) in [6, 6.07) is 3.01. The van der Waals surface area contributed by atoms with Gasteiger partial charge in [0, 0.05) is 16.7 Å². The maximum Gasteiger partial charge on any atom is 0.261 e. The molecule has 0 saturated heterocycles. The number of fused-ring (bicyclic) bond motifs is 1. The highest BCUT2D eigenvalue weighted by Gasteiger charge is 2.20. The van der Waals surface area contributed by atoms with Crippen molar-refractivity contribution in [2.24, 2.45) is 0 Å². The van der Waals surface area contributed by atoms with Crippen LogP contribution in [0.4, 0.5) is 0 Å². The minimum absolute atomic E-state index is 0.0633. The van der Waals surface area contributed by atoms with Crippen LogP contribution < -0.4 is 9.47 Å². The summed E-state index contributed by atoms with van der Waals surface area (Å²) in [4.78, 5) is 0.0633. The monoisotopic (exact) mass is 248 g/mol. The van der Waals surface area contributed by atoms with E-state index >= 15 is 0 Å². The summed E-state index contributed by atoms with van der Waals surface area (Å²) in [5, 5.41) is 0. The lowest BCUT2D eigenvalue weighted by atomic mass is 10.2. The smallest absolute Gasteiger partial charge is 0.261 e. The summed E-state index contributed by atoms with van der Waals surface area (Å²) in [5.74, 6) is 0.980. The molecule has 82 valence electrons. The Bertz CT molecular complexity index is 495. The Morgan fingerprint density at radius 2 is 1.73 bits per heavy atom. The van der Waals surface area contributed by atoms with Gasteiger partial charge >= 0.3 is 0 Å². The van der Waals surface area contributed by atoms with Gasteiger partial charge in [0.15, 0.2) is 11.5 Å². The van der Waals surface area contributed by atoms with Crippen LogP contribution in [0.15, 0.2) is 17.0 Å². The van der Waals surface area contributed by atoms with Crippen LogP contribution in [-0.2, 0) is 9.05 Å². The summed E-state index contributed by atoms with van der Waals surface area (Å²) in [7, 11) is 1.55. The van der Waals surface area contributed by atoms with Crippen molar-refractivity contribution in [3.8, 4) is 11.5 Å². The second-order valence-electron chi connectivity index (χ2n) is 3.20. The molecule has 0 amide bonds. The van der Waals surface area contributed by atoms with Crippen LogP contribution in [0.3, 0.4) is 0 Å². The van der Waals surface area contributed by atoms with Crippen molar-refractivity contribution in [1.29, 1.82) is 0 Å². The summed E-state index contributed by atoms with van der Waals surface area (Å²) < 4.78 is 33.0. The Morgan fingerprint density at radius 1 is 1.20 bits per heavy atom. The van der Waals surface area contributed by atoms with Gasteiger partial charge in [-0.05, 0) is 18.6 Å². The first-order valence-electron chi connectivity index (χ1n) is 4.33. The van der Waals surface area contributed by atoms with Gasteiger partial charge in [0.2, 0.25) is 0 Å². The maximum atomic E-state index is 11.2. The molecule has 0 aromatic heterocycles. The maximum absolute atomic E-state index is 11.2. The number of hydrogen-bond donors (Lipinski definition) is 0. The molecule has 15 heavy (non-hydrogen) atoms. The normalized spacial score (nSPS) is 15.1. The first kappa shape index (κ1) is 10.6. The summed E-state index contributed by atoms with van der Waals surface area (Å²) >= 11 is 0. The fraction of sp³-hybridized carbons (Fsp3) is 0.333. The summed E-state index contributed by atoms with van der Waals surface area (Å²) in [5.41, 5.74) is 0.550. The first-order chi connectivity index (χ1) is 6.98. The van der Waals surface area contributed by atoms with Crippen molar-refractivity contribution in [1.82, 2.24) is 0 Å². The lowest BCUT2D eigenvalue weighted by molar-refractivity contribution is 0.171. The van der Waals surface area contributed by atoms with E-state index in [0.717, 1.165) is 0 Å². The van der Waals surface area contributed by atoms with E-state index in [-0.39, 0.29) is 4.90 Å². The molecule has 0 atom stereocenters. The number of halogens is 1. The standard InChI is InChI=1S/C9H9ClO4S/c1-6-4-7-8(14-3-2-13-7)5-9(6)15(10,11)12/h4-5H,2-3H2,1H3. The van der Waals surface area contributed by atoms with Crippen LogP contribution in [0.1, 0.15) is 5.56 Å². The number of aryl methyl sites for hydroxylation is 1. The molecule has 0 N–H and O–H groups in total. The van der Waals surface area contributed by atoms with Crippen LogP contribution in [-0.4, -0.2) is 21.6 Å². The second kappa shape index (κ2) is 3.57. The van der Waals surface area contributed by atoms with Gasteiger partial charge in [0.1, 0.15) is 13.2 Å². The van der Waals surface area contributed by atoms with Gasteiger partial charge in [-0.3, -0.25) is 0 Å². The molecule has 0 saturated carbocycles. The van der Waals surface area contributed by atoms with Crippen LogP contribution in [0.25, 0.3) is 0 Å².